The lowest BCUT2D eigenvalue weighted by Gasteiger charge is -2.29. The second-order valence-electron chi connectivity index (χ2n) is 10.6. The topological polar surface area (TPSA) is 9.23 Å². The molecule has 0 atom stereocenters. The summed E-state index contributed by atoms with van der Waals surface area (Å²) < 4.78 is 47.0. The fourth-order valence-corrected chi connectivity index (χ4v) is 5.79. The van der Waals surface area contributed by atoms with Gasteiger partial charge in [0, 0.05) is 0 Å². The minimum atomic E-state index is -3.47. The highest BCUT2D eigenvalue weighted by molar-refractivity contribution is 5.29. The number of benzene rings is 2. The van der Waals surface area contributed by atoms with E-state index in [2.05, 4.69) is 31.2 Å². The molecule has 1 nitrogen and oxygen atoms in total. The van der Waals surface area contributed by atoms with Gasteiger partial charge >= 0.3 is 6.11 Å². The van der Waals surface area contributed by atoms with E-state index in [1.807, 2.05) is 12.1 Å². The van der Waals surface area contributed by atoms with Gasteiger partial charge in [-0.2, -0.15) is 8.78 Å². The zero-order chi connectivity index (χ0) is 25.4. The van der Waals surface area contributed by atoms with Crippen molar-refractivity contribution in [3.8, 4) is 5.75 Å². The maximum atomic E-state index is 14.6. The predicted octanol–water partition coefficient (Wildman–Crippen LogP) is 9.95. The van der Waals surface area contributed by atoms with Crippen LogP contribution in [0, 0.1) is 23.6 Å². The minimum Gasteiger partial charge on any atom is -0.429 e. The van der Waals surface area contributed by atoms with Crippen molar-refractivity contribution in [1.82, 2.24) is 0 Å². The quantitative estimate of drug-likeness (QED) is 0.314. The largest absolute Gasteiger partial charge is 0.429 e. The Balaban J connectivity index is 1.22. The molecule has 2 fully saturated rings. The highest BCUT2D eigenvalue weighted by Gasteiger charge is 2.35. The van der Waals surface area contributed by atoms with Crippen LogP contribution in [0.3, 0.4) is 0 Å². The molecular weight excluding hydrogens is 457 g/mol. The SMILES string of the molecule is C/C=C/CCC1CCC(/C=C/C2CCC(c3ccc(C(F)(F)Oc4ccc(F)cc4)cc3)CC2)CC1. The van der Waals surface area contributed by atoms with E-state index in [9.17, 15) is 13.2 Å². The molecule has 0 N–H and O–H groups in total. The third-order valence-corrected chi connectivity index (χ3v) is 8.07. The molecule has 4 heteroatoms. The van der Waals surface area contributed by atoms with Crippen LogP contribution in [-0.4, -0.2) is 0 Å². The van der Waals surface area contributed by atoms with E-state index in [4.69, 9.17) is 4.74 Å². The molecule has 0 aromatic heterocycles. The first kappa shape index (κ1) is 26.6. The highest BCUT2D eigenvalue weighted by atomic mass is 19.3. The van der Waals surface area contributed by atoms with Gasteiger partial charge in [-0.3, -0.25) is 0 Å². The Bertz CT molecular complexity index is 977. The lowest BCUT2D eigenvalue weighted by Crippen LogP contribution is -2.22. The molecule has 2 saturated carbocycles. The van der Waals surface area contributed by atoms with Gasteiger partial charge in [-0.1, -0.05) is 36.4 Å². The summed E-state index contributed by atoms with van der Waals surface area (Å²) in [6.45, 7) is 2.10. The van der Waals surface area contributed by atoms with Crippen LogP contribution in [0.2, 0.25) is 0 Å². The number of allylic oxidation sites excluding steroid dienone is 4. The molecule has 36 heavy (non-hydrogen) atoms. The zero-order valence-electron chi connectivity index (χ0n) is 21.4. The zero-order valence-corrected chi connectivity index (χ0v) is 21.4. The van der Waals surface area contributed by atoms with E-state index in [0.29, 0.717) is 11.8 Å². The van der Waals surface area contributed by atoms with Crippen LogP contribution in [0.1, 0.15) is 88.2 Å². The van der Waals surface area contributed by atoms with Gasteiger partial charge in [0.2, 0.25) is 0 Å². The Labute approximate surface area is 214 Å². The van der Waals surface area contributed by atoms with Gasteiger partial charge in [0.25, 0.3) is 0 Å². The number of ether oxygens (including phenoxy) is 1. The van der Waals surface area contributed by atoms with Crippen molar-refractivity contribution in [1.29, 1.82) is 0 Å². The van der Waals surface area contributed by atoms with E-state index >= 15 is 0 Å². The number of hydrogen-bond donors (Lipinski definition) is 0. The molecule has 0 amide bonds. The number of halogens is 3. The fourth-order valence-electron chi connectivity index (χ4n) is 5.79. The monoisotopic (exact) mass is 496 g/mol. The molecule has 0 radical (unpaired) electrons. The lowest BCUT2D eigenvalue weighted by atomic mass is 9.77. The molecule has 2 aliphatic rings. The van der Waals surface area contributed by atoms with E-state index < -0.39 is 11.9 Å². The first-order chi connectivity index (χ1) is 17.4. The third-order valence-electron chi connectivity index (χ3n) is 8.07. The molecule has 4 rings (SSSR count). The lowest BCUT2D eigenvalue weighted by molar-refractivity contribution is -0.185. The van der Waals surface area contributed by atoms with E-state index in [0.717, 1.165) is 55.2 Å². The highest BCUT2D eigenvalue weighted by Crippen LogP contribution is 2.39. The summed E-state index contributed by atoms with van der Waals surface area (Å²) in [7, 11) is 0. The van der Waals surface area contributed by atoms with Crippen molar-refractivity contribution in [3.05, 3.63) is 89.8 Å². The van der Waals surface area contributed by atoms with Crippen LogP contribution in [0.4, 0.5) is 13.2 Å². The van der Waals surface area contributed by atoms with Crippen LogP contribution in [0.25, 0.3) is 0 Å². The smallest absolute Gasteiger partial charge is 0.426 e. The van der Waals surface area contributed by atoms with Crippen molar-refractivity contribution >= 4 is 0 Å². The summed E-state index contributed by atoms with van der Waals surface area (Å²) >= 11 is 0. The Kier molecular flexibility index (Phi) is 9.34. The van der Waals surface area contributed by atoms with Crippen molar-refractivity contribution < 1.29 is 17.9 Å². The number of alkyl halides is 2. The second-order valence-corrected chi connectivity index (χ2v) is 10.6. The molecule has 0 aliphatic heterocycles. The fraction of sp³-hybridized carbons (Fsp3) is 0.500. The predicted molar refractivity (Wildman–Crippen MR) is 141 cm³/mol. The first-order valence-electron chi connectivity index (χ1n) is 13.6. The van der Waals surface area contributed by atoms with Gasteiger partial charge < -0.3 is 4.74 Å². The van der Waals surface area contributed by atoms with Crippen LogP contribution in [0.15, 0.2) is 72.8 Å². The molecule has 0 saturated heterocycles. The van der Waals surface area contributed by atoms with Gasteiger partial charge in [-0.25, -0.2) is 4.39 Å². The summed E-state index contributed by atoms with van der Waals surface area (Å²) in [5, 5.41) is 0. The van der Waals surface area contributed by atoms with Gasteiger partial charge in [0.1, 0.15) is 11.6 Å². The summed E-state index contributed by atoms with van der Waals surface area (Å²) in [5.41, 5.74) is 0.929. The molecule has 2 aromatic rings. The molecule has 0 unspecified atom stereocenters. The third kappa shape index (κ3) is 7.51. The minimum absolute atomic E-state index is 0.0608. The number of rotatable bonds is 9. The van der Waals surface area contributed by atoms with Crippen LogP contribution in [-0.2, 0) is 6.11 Å². The standard InChI is InChI=1S/C32H39F3O/c1-2-3-4-5-24-6-8-25(9-7-24)10-11-26-12-14-27(15-13-26)28-16-18-29(19-17-28)32(34,35)36-31-22-20-30(33)21-23-31/h2-3,10-11,16-27H,4-9,12-15H2,1H3/b3-2+,11-10+. The van der Waals surface area contributed by atoms with Crippen LogP contribution >= 0.6 is 0 Å². The van der Waals surface area contributed by atoms with Gasteiger partial charge in [-0.05, 0) is 137 Å². The van der Waals surface area contributed by atoms with E-state index in [1.165, 1.54) is 62.8 Å². The van der Waals surface area contributed by atoms with Crippen molar-refractivity contribution in [3.63, 3.8) is 0 Å². The molecule has 194 valence electrons. The Hall–Kier alpha value is -2.49. The van der Waals surface area contributed by atoms with E-state index in [-0.39, 0.29) is 11.3 Å². The van der Waals surface area contributed by atoms with Crippen LogP contribution < -0.4 is 4.74 Å². The average molecular weight is 497 g/mol. The first-order valence-corrected chi connectivity index (χ1v) is 13.6. The van der Waals surface area contributed by atoms with Crippen molar-refractivity contribution in [2.75, 3.05) is 0 Å². The number of hydrogen-bond acceptors (Lipinski definition) is 1. The van der Waals surface area contributed by atoms with E-state index in [1.54, 1.807) is 0 Å². The normalized spacial score (nSPS) is 25.4. The van der Waals surface area contributed by atoms with Gasteiger partial charge in [-0.15, -0.1) is 0 Å². The molecule has 0 heterocycles. The summed E-state index contributed by atoms with van der Waals surface area (Å²) in [5.74, 6) is 2.16. The van der Waals surface area contributed by atoms with Crippen LogP contribution in [0.5, 0.6) is 5.75 Å². The Morgan fingerprint density at radius 2 is 1.39 bits per heavy atom. The molecular formula is C32H39F3O. The maximum Gasteiger partial charge on any atom is 0.426 e. The maximum absolute atomic E-state index is 14.6. The van der Waals surface area contributed by atoms with Gasteiger partial charge in [0.05, 0.1) is 5.56 Å². The Morgan fingerprint density at radius 1 is 0.806 bits per heavy atom. The molecule has 2 aromatic carbocycles. The molecule has 2 aliphatic carbocycles. The average Bonchev–Trinajstić information content (AvgIpc) is 2.90. The van der Waals surface area contributed by atoms with Crippen molar-refractivity contribution in [2.45, 2.75) is 83.2 Å². The summed E-state index contributed by atoms with van der Waals surface area (Å²) in [6, 6.07) is 11.2. The summed E-state index contributed by atoms with van der Waals surface area (Å²) in [6.07, 6.45) is 18.4. The summed E-state index contributed by atoms with van der Waals surface area (Å²) in [4.78, 5) is 0. The van der Waals surface area contributed by atoms with Gasteiger partial charge in [0.15, 0.2) is 0 Å². The molecule has 0 bridgehead atoms. The Morgan fingerprint density at radius 3 is 1.97 bits per heavy atom. The molecule has 0 spiro atoms. The second kappa shape index (κ2) is 12.7. The van der Waals surface area contributed by atoms with Crippen molar-refractivity contribution in [2.24, 2.45) is 17.8 Å².